The Hall–Kier alpha value is -6.73. The Morgan fingerprint density at radius 1 is 0.354 bits per heavy atom. The quantitative estimate of drug-likeness (QED) is 0.198. The van der Waals surface area contributed by atoms with Crippen molar-refractivity contribution in [2.24, 2.45) is 0 Å². The topological polar surface area (TPSA) is 62.6 Å². The van der Waals surface area contributed by atoms with E-state index in [0.717, 1.165) is 66.6 Å². The van der Waals surface area contributed by atoms with Crippen LogP contribution in [-0.4, -0.2) is 28.2 Å². The summed E-state index contributed by atoms with van der Waals surface area (Å²) >= 11 is 0. The highest BCUT2D eigenvalue weighted by Gasteiger charge is 2.19. The second-order valence-corrected chi connectivity index (χ2v) is 12.0. The van der Waals surface area contributed by atoms with Gasteiger partial charge in [0, 0.05) is 45.3 Å². The zero-order chi connectivity index (χ0) is 31.8. The van der Waals surface area contributed by atoms with E-state index < -0.39 is 0 Å². The lowest BCUT2D eigenvalue weighted by Gasteiger charge is -2.11. The van der Waals surface area contributed by atoms with Crippen LogP contribution in [0, 0.1) is 0 Å². The van der Waals surface area contributed by atoms with Crippen molar-refractivity contribution >= 4 is 54.6 Å². The van der Waals surface area contributed by atoms with Crippen LogP contribution in [-0.2, 0) is 0 Å². The summed E-state index contributed by atoms with van der Waals surface area (Å²) in [4.78, 5) is 23.5. The van der Waals surface area contributed by atoms with E-state index in [1.807, 2.05) is 48.8 Å². The van der Waals surface area contributed by atoms with Crippen LogP contribution in [0.1, 0.15) is 0 Å². The molecule has 0 unspecified atom stereocenters. The van der Waals surface area contributed by atoms with Crippen LogP contribution < -0.4 is 5.69 Å². The second kappa shape index (κ2) is 10.1. The summed E-state index contributed by atoms with van der Waals surface area (Å²) in [6.07, 6.45) is 7.23. The molecule has 5 aromatic carbocycles. The van der Waals surface area contributed by atoms with E-state index in [1.165, 1.54) is 10.8 Å². The average Bonchev–Trinajstić information content (AvgIpc) is 3.77. The van der Waals surface area contributed by atoms with Crippen LogP contribution in [0.4, 0.5) is 0 Å². The van der Waals surface area contributed by atoms with Gasteiger partial charge in [-0.15, -0.1) is 0 Å². The van der Waals surface area contributed by atoms with Crippen molar-refractivity contribution in [3.8, 4) is 22.7 Å². The maximum atomic E-state index is 14.6. The number of hydrogen-bond acceptors (Lipinski definition) is 3. The second-order valence-electron chi connectivity index (χ2n) is 12.0. The Bertz CT molecular complexity index is 2640. The van der Waals surface area contributed by atoms with E-state index in [2.05, 4.69) is 116 Å². The molecule has 7 nitrogen and oxygen atoms in total. The predicted octanol–water partition coefficient (Wildman–Crippen LogP) is 8.77. The number of nitrogens with zero attached hydrogens (tertiary/aromatic N) is 6. The van der Waals surface area contributed by atoms with E-state index >= 15 is 0 Å². The SMILES string of the molecule is O=c1n(-c2cccc(-n3c4ccccc4c4ccncc43)c2)c2ccncc2n1-c1cccc(-n2c3ccccc3c3ccccc32)c1. The highest BCUT2D eigenvalue weighted by atomic mass is 16.1. The molecule has 0 saturated heterocycles. The van der Waals surface area contributed by atoms with Crippen LogP contribution >= 0.6 is 0 Å². The first kappa shape index (κ1) is 26.5. The van der Waals surface area contributed by atoms with E-state index in [4.69, 9.17) is 0 Å². The number of fused-ring (bicyclic) bond motifs is 7. The van der Waals surface area contributed by atoms with Crippen LogP contribution in [0.5, 0.6) is 0 Å². The molecular formula is C41H26N6O. The molecule has 0 bridgehead atoms. The van der Waals surface area contributed by atoms with Gasteiger partial charge in [-0.25, -0.2) is 4.79 Å². The van der Waals surface area contributed by atoms with Crippen molar-refractivity contribution in [1.29, 1.82) is 0 Å². The number of rotatable bonds is 4. The Labute approximate surface area is 273 Å². The summed E-state index contributed by atoms with van der Waals surface area (Å²) in [5.74, 6) is 0. The van der Waals surface area contributed by atoms with Crippen LogP contribution in [0.25, 0.3) is 77.4 Å². The third-order valence-corrected chi connectivity index (χ3v) is 9.39. The van der Waals surface area contributed by atoms with E-state index in [1.54, 1.807) is 21.5 Å². The standard InChI is InChI=1S/C41H26N6O/c48-41-46(29-11-8-10-28(24-29)45-37-18-6-3-15-33(37)34-19-21-42-25-39(34)45)38-20-22-43-26-40(38)47(41)30-12-7-9-27(23-30)44-35-16-4-1-13-31(35)32-14-2-5-17-36(32)44/h1-26H. The average molecular weight is 619 g/mol. The first-order chi connectivity index (χ1) is 23.8. The molecule has 10 aromatic rings. The number of hydrogen-bond donors (Lipinski definition) is 0. The van der Waals surface area contributed by atoms with Crippen LogP contribution in [0.3, 0.4) is 0 Å². The van der Waals surface area contributed by atoms with Gasteiger partial charge in [0.1, 0.15) is 0 Å². The molecule has 0 aliphatic rings. The fourth-order valence-corrected chi connectivity index (χ4v) is 7.38. The van der Waals surface area contributed by atoms with Gasteiger partial charge in [0.15, 0.2) is 0 Å². The van der Waals surface area contributed by atoms with Gasteiger partial charge in [0.05, 0.1) is 56.9 Å². The molecule has 5 aromatic heterocycles. The van der Waals surface area contributed by atoms with Crippen LogP contribution in [0.15, 0.2) is 163 Å². The van der Waals surface area contributed by atoms with E-state index in [-0.39, 0.29) is 5.69 Å². The molecule has 0 aliphatic heterocycles. The summed E-state index contributed by atoms with van der Waals surface area (Å²) in [6, 6.07) is 45.5. The predicted molar refractivity (Wildman–Crippen MR) is 193 cm³/mol. The van der Waals surface area contributed by atoms with Gasteiger partial charge >= 0.3 is 5.69 Å². The van der Waals surface area contributed by atoms with Gasteiger partial charge in [-0.1, -0.05) is 66.7 Å². The van der Waals surface area contributed by atoms with Crippen LogP contribution in [0.2, 0.25) is 0 Å². The molecule has 0 N–H and O–H groups in total. The van der Waals surface area contributed by atoms with E-state index in [9.17, 15) is 4.79 Å². The maximum absolute atomic E-state index is 14.6. The number of benzene rings is 5. The molecule has 0 atom stereocenters. The number of para-hydroxylation sites is 3. The molecular weight excluding hydrogens is 592 g/mol. The largest absolute Gasteiger partial charge is 0.338 e. The molecule has 10 rings (SSSR count). The van der Waals surface area contributed by atoms with Gasteiger partial charge in [-0.2, -0.15) is 0 Å². The summed E-state index contributed by atoms with van der Waals surface area (Å²) in [6.45, 7) is 0. The zero-order valence-corrected chi connectivity index (χ0v) is 25.6. The fraction of sp³-hybridized carbons (Fsp3) is 0. The lowest BCUT2D eigenvalue weighted by atomic mass is 10.2. The molecule has 0 amide bonds. The Kier molecular flexibility index (Phi) is 5.59. The number of pyridine rings is 2. The van der Waals surface area contributed by atoms with E-state index in [0.29, 0.717) is 0 Å². The minimum absolute atomic E-state index is 0.168. The monoisotopic (exact) mass is 618 g/mol. The third-order valence-electron chi connectivity index (χ3n) is 9.39. The number of imidazole rings is 1. The minimum Gasteiger partial charge on any atom is -0.309 e. The third kappa shape index (κ3) is 3.72. The lowest BCUT2D eigenvalue weighted by molar-refractivity contribution is 0.927. The molecule has 0 fully saturated rings. The van der Waals surface area contributed by atoms with Gasteiger partial charge in [0.2, 0.25) is 0 Å². The summed E-state index contributed by atoms with van der Waals surface area (Å²) in [5, 5.41) is 4.67. The van der Waals surface area contributed by atoms with Crippen molar-refractivity contribution in [2.45, 2.75) is 0 Å². The van der Waals surface area contributed by atoms with Crippen molar-refractivity contribution < 1.29 is 0 Å². The van der Waals surface area contributed by atoms with Crippen molar-refractivity contribution in [1.82, 2.24) is 28.2 Å². The Morgan fingerprint density at radius 3 is 1.33 bits per heavy atom. The molecule has 0 aliphatic carbocycles. The van der Waals surface area contributed by atoms with Crippen molar-refractivity contribution in [3.05, 3.63) is 169 Å². The fourth-order valence-electron chi connectivity index (χ4n) is 7.38. The first-order valence-corrected chi connectivity index (χ1v) is 15.9. The Morgan fingerprint density at radius 2 is 0.771 bits per heavy atom. The molecule has 0 spiro atoms. The van der Waals surface area contributed by atoms with Gasteiger partial charge in [-0.05, 0) is 66.7 Å². The first-order valence-electron chi connectivity index (χ1n) is 15.9. The summed E-state index contributed by atoms with van der Waals surface area (Å²) in [5.41, 5.74) is 9.11. The molecule has 5 heterocycles. The van der Waals surface area contributed by atoms with Crippen molar-refractivity contribution in [3.63, 3.8) is 0 Å². The highest BCUT2D eigenvalue weighted by molar-refractivity contribution is 6.10. The van der Waals surface area contributed by atoms with Gasteiger partial charge < -0.3 is 9.13 Å². The molecule has 7 heteroatoms. The summed E-state index contributed by atoms with van der Waals surface area (Å²) < 4.78 is 8.01. The highest BCUT2D eigenvalue weighted by Crippen LogP contribution is 2.34. The van der Waals surface area contributed by atoms with Gasteiger partial charge in [-0.3, -0.25) is 19.1 Å². The Balaban J connectivity index is 1.18. The molecule has 0 radical (unpaired) electrons. The zero-order valence-electron chi connectivity index (χ0n) is 25.6. The molecule has 0 saturated carbocycles. The number of aromatic nitrogens is 6. The normalized spacial score (nSPS) is 11.8. The van der Waals surface area contributed by atoms with Crippen molar-refractivity contribution in [2.75, 3.05) is 0 Å². The minimum atomic E-state index is -0.168. The molecule has 226 valence electrons. The smallest absolute Gasteiger partial charge is 0.309 e. The maximum Gasteiger partial charge on any atom is 0.338 e. The lowest BCUT2D eigenvalue weighted by Crippen LogP contribution is -2.22. The molecule has 48 heavy (non-hydrogen) atoms. The van der Waals surface area contributed by atoms with Gasteiger partial charge in [0.25, 0.3) is 0 Å². The summed E-state index contributed by atoms with van der Waals surface area (Å²) in [7, 11) is 0.